The summed E-state index contributed by atoms with van der Waals surface area (Å²) in [6.07, 6.45) is 14.4. The fourth-order valence-electron chi connectivity index (χ4n) is 4.99. The summed E-state index contributed by atoms with van der Waals surface area (Å²) >= 11 is 21.8. The summed E-state index contributed by atoms with van der Waals surface area (Å²) in [5.74, 6) is 0. The van der Waals surface area contributed by atoms with Crippen molar-refractivity contribution in [3.63, 3.8) is 0 Å². The molecule has 0 heterocycles. The van der Waals surface area contributed by atoms with Gasteiger partial charge in [0.1, 0.15) is 0 Å². The Balaban J connectivity index is 1.88. The Morgan fingerprint density at radius 3 is 1.09 bits per heavy atom. The average Bonchev–Trinajstić information content (AvgIpc) is 2.86. The summed E-state index contributed by atoms with van der Waals surface area (Å²) in [7, 11) is 0. The van der Waals surface area contributed by atoms with Crippen LogP contribution in [0.15, 0.2) is 72.8 Å². The molecule has 0 amide bonds. The van der Waals surface area contributed by atoms with Gasteiger partial charge in [0.05, 0.1) is 0 Å². The Kier molecular flexibility index (Phi) is 11.7. The summed E-state index contributed by atoms with van der Waals surface area (Å²) in [6, 6.07) is 25.5. The van der Waals surface area contributed by atoms with Crippen molar-refractivity contribution in [2.24, 2.45) is 0 Å². The van der Waals surface area contributed by atoms with Crippen LogP contribution in [-0.2, 0) is 0 Å². The Morgan fingerprint density at radius 1 is 0.486 bits per heavy atom. The van der Waals surface area contributed by atoms with Gasteiger partial charge < -0.3 is 0 Å². The van der Waals surface area contributed by atoms with Crippen LogP contribution in [-0.4, -0.2) is 6.16 Å². The van der Waals surface area contributed by atoms with Crippen molar-refractivity contribution in [2.45, 2.75) is 71.1 Å². The number of hydrogen-bond donors (Lipinski definition) is 0. The van der Waals surface area contributed by atoms with Gasteiger partial charge in [-0.2, -0.15) is 0 Å². The van der Waals surface area contributed by atoms with E-state index >= 15 is 0 Å². The third kappa shape index (κ3) is 7.38. The van der Waals surface area contributed by atoms with Crippen LogP contribution in [0.25, 0.3) is 0 Å². The summed E-state index contributed by atoms with van der Waals surface area (Å²) in [5, 5.41) is 6.34. The van der Waals surface area contributed by atoms with E-state index in [4.69, 9.17) is 34.8 Å². The fourth-order valence-corrected chi connectivity index (χ4v) is 14.1. The van der Waals surface area contributed by atoms with Crippen LogP contribution in [0.3, 0.4) is 0 Å². The molecular formula is C30H37Cl3IP. The van der Waals surface area contributed by atoms with Gasteiger partial charge in [-0.25, -0.2) is 0 Å². The normalized spacial score (nSPS) is 12.9. The molecule has 0 atom stereocenters. The van der Waals surface area contributed by atoms with Crippen molar-refractivity contribution >= 4 is 77.0 Å². The van der Waals surface area contributed by atoms with Crippen molar-refractivity contribution in [1.82, 2.24) is 0 Å². The van der Waals surface area contributed by atoms with Gasteiger partial charge in [-0.15, -0.1) is 0 Å². The zero-order chi connectivity index (χ0) is 25.2. The standard InChI is InChI=1S/C30H37Cl3IP/c1-2-3-4-5-6-7-8-9-10-11-24-35(34,28-18-12-25(31)13-19-28,29-20-14-26(32)15-21-29)30-22-16-27(33)17-23-30/h12-23H,2-11,24H2,1H3. The second-order valence-corrected chi connectivity index (χ2v) is 21.6. The maximum absolute atomic E-state index is 6.33. The zero-order valence-electron chi connectivity index (χ0n) is 20.7. The molecule has 0 radical (unpaired) electrons. The zero-order valence-corrected chi connectivity index (χ0v) is 26.0. The molecule has 0 N–H and O–H groups in total. The van der Waals surface area contributed by atoms with Gasteiger partial charge in [-0.1, -0.05) is 0 Å². The Hall–Kier alpha value is -0.310. The molecule has 0 saturated heterocycles. The molecule has 0 nitrogen and oxygen atoms in total. The summed E-state index contributed by atoms with van der Waals surface area (Å²) in [6.45, 7) is 2.28. The second kappa shape index (κ2) is 14.0. The van der Waals surface area contributed by atoms with Crippen molar-refractivity contribution in [3.05, 3.63) is 87.9 Å². The van der Waals surface area contributed by atoms with Crippen LogP contribution in [0.2, 0.25) is 15.1 Å². The first kappa shape index (κ1) is 29.2. The van der Waals surface area contributed by atoms with Gasteiger partial charge in [0.2, 0.25) is 0 Å². The number of unbranched alkanes of at least 4 members (excludes halogenated alkanes) is 9. The Morgan fingerprint density at radius 2 is 0.771 bits per heavy atom. The second-order valence-electron chi connectivity index (χ2n) is 9.52. The topological polar surface area (TPSA) is 0 Å². The molecule has 3 aromatic carbocycles. The van der Waals surface area contributed by atoms with Gasteiger partial charge >= 0.3 is 242 Å². The first-order chi connectivity index (χ1) is 16.9. The summed E-state index contributed by atoms with van der Waals surface area (Å²) in [4.78, 5) is 0. The van der Waals surface area contributed by atoms with Crippen LogP contribution < -0.4 is 15.9 Å². The SMILES string of the molecule is CCCCCCCCCCCCP(I)(c1ccc(Cl)cc1)(c1ccc(Cl)cc1)c1ccc(Cl)cc1. The average molecular weight is 662 g/mol. The molecule has 0 unspecified atom stereocenters. The van der Waals surface area contributed by atoms with E-state index in [0.29, 0.717) is 0 Å². The minimum atomic E-state index is -2.81. The third-order valence-corrected chi connectivity index (χ3v) is 19.5. The van der Waals surface area contributed by atoms with Crippen LogP contribution >= 0.6 is 61.1 Å². The van der Waals surface area contributed by atoms with Gasteiger partial charge in [0.15, 0.2) is 0 Å². The van der Waals surface area contributed by atoms with Gasteiger partial charge in [0, 0.05) is 0 Å². The third-order valence-electron chi connectivity index (χ3n) is 7.03. The first-order valence-electron chi connectivity index (χ1n) is 12.9. The molecule has 0 bridgehead atoms. The number of halogens is 4. The molecule has 0 spiro atoms. The van der Waals surface area contributed by atoms with Gasteiger partial charge in [-0.3, -0.25) is 0 Å². The molecular weight excluding hydrogens is 625 g/mol. The molecule has 0 aliphatic heterocycles. The molecule has 0 fully saturated rings. The van der Waals surface area contributed by atoms with E-state index in [1.807, 2.05) is 36.4 Å². The van der Waals surface area contributed by atoms with Crippen LogP contribution in [0.5, 0.6) is 0 Å². The summed E-state index contributed by atoms with van der Waals surface area (Å²) in [5.41, 5.74) is 0. The monoisotopic (exact) mass is 660 g/mol. The summed E-state index contributed by atoms with van der Waals surface area (Å²) < 4.78 is -2.81. The van der Waals surface area contributed by atoms with E-state index in [0.717, 1.165) is 21.2 Å². The van der Waals surface area contributed by atoms with Crippen LogP contribution in [0.1, 0.15) is 71.1 Å². The fraction of sp³-hybridized carbons (Fsp3) is 0.400. The molecule has 3 rings (SSSR count). The van der Waals surface area contributed by atoms with E-state index in [-0.39, 0.29) is 0 Å². The minimum absolute atomic E-state index is 0.765. The van der Waals surface area contributed by atoms with E-state index in [1.54, 1.807) is 0 Å². The number of hydrogen-bond acceptors (Lipinski definition) is 0. The van der Waals surface area contributed by atoms with Crippen LogP contribution in [0.4, 0.5) is 0 Å². The molecule has 0 aromatic heterocycles. The van der Waals surface area contributed by atoms with Crippen molar-refractivity contribution in [1.29, 1.82) is 0 Å². The first-order valence-corrected chi connectivity index (χ1v) is 19.2. The Labute approximate surface area is 240 Å². The van der Waals surface area contributed by atoms with E-state index in [1.165, 1.54) is 80.1 Å². The molecule has 0 aliphatic rings. The van der Waals surface area contributed by atoms with Gasteiger partial charge in [-0.05, 0) is 0 Å². The Bertz CT molecular complexity index is 919. The van der Waals surface area contributed by atoms with E-state index in [9.17, 15) is 0 Å². The molecule has 35 heavy (non-hydrogen) atoms. The van der Waals surface area contributed by atoms with E-state index in [2.05, 4.69) is 65.4 Å². The molecule has 3 aromatic rings. The molecule has 0 aliphatic carbocycles. The van der Waals surface area contributed by atoms with Crippen molar-refractivity contribution in [2.75, 3.05) is 6.16 Å². The molecule has 190 valence electrons. The number of benzene rings is 3. The molecule has 5 heteroatoms. The van der Waals surface area contributed by atoms with Crippen LogP contribution in [0, 0.1) is 0 Å². The quantitative estimate of drug-likeness (QED) is 0.0916. The maximum atomic E-state index is 6.33. The van der Waals surface area contributed by atoms with Gasteiger partial charge in [0.25, 0.3) is 0 Å². The van der Waals surface area contributed by atoms with Crippen molar-refractivity contribution < 1.29 is 0 Å². The molecule has 0 saturated carbocycles. The van der Waals surface area contributed by atoms with Crippen molar-refractivity contribution in [3.8, 4) is 0 Å². The number of rotatable bonds is 14. The predicted octanol–water partition coefficient (Wildman–Crippen LogP) is 10.7. The van der Waals surface area contributed by atoms with E-state index < -0.39 is 4.25 Å². The predicted molar refractivity (Wildman–Crippen MR) is 171 cm³/mol.